The number of nitrogens with two attached hydrogens (primary N) is 1. The monoisotopic (exact) mass is 442 g/mol. The average Bonchev–Trinajstić information content (AvgIpc) is 2.82. The Kier molecular flexibility index (Phi) is 6.18. The molecule has 0 radical (unpaired) electrons. The van der Waals surface area contributed by atoms with Crippen LogP contribution in [0.5, 0.6) is 23.0 Å². The van der Waals surface area contributed by atoms with Gasteiger partial charge in [0.15, 0.2) is 6.61 Å². The summed E-state index contributed by atoms with van der Waals surface area (Å²) in [7, 11) is 1.57. The van der Waals surface area contributed by atoms with E-state index in [9.17, 15) is 10.1 Å². The molecule has 1 unspecified atom stereocenters. The standard InChI is InChI=1S/C26H22N2O5/c1-16-6-5-7-17(12-16)31-15-24(29)32-18-10-11-20-23(13-18)33-26(28)21(14-27)25(20)19-8-3-4-9-22(19)30-2/h3-13,25H,15,28H2,1-2H3. The summed E-state index contributed by atoms with van der Waals surface area (Å²) in [5.41, 5.74) is 8.86. The van der Waals surface area contributed by atoms with Gasteiger partial charge < -0.3 is 24.7 Å². The van der Waals surface area contributed by atoms with E-state index in [1.807, 2.05) is 49.4 Å². The maximum Gasteiger partial charge on any atom is 0.349 e. The summed E-state index contributed by atoms with van der Waals surface area (Å²) in [5.74, 6) is 0.833. The van der Waals surface area contributed by atoms with E-state index in [4.69, 9.17) is 24.7 Å². The zero-order valence-electron chi connectivity index (χ0n) is 18.2. The highest BCUT2D eigenvalue weighted by Crippen LogP contribution is 2.45. The number of aryl methyl sites for hydroxylation is 1. The number of fused-ring (bicyclic) bond motifs is 1. The highest BCUT2D eigenvalue weighted by Gasteiger charge is 2.32. The summed E-state index contributed by atoms with van der Waals surface area (Å²) in [6.45, 7) is 1.69. The van der Waals surface area contributed by atoms with Crippen molar-refractivity contribution < 1.29 is 23.7 Å². The van der Waals surface area contributed by atoms with Gasteiger partial charge in [0.1, 0.15) is 34.6 Å². The number of esters is 1. The Morgan fingerprint density at radius 3 is 2.64 bits per heavy atom. The van der Waals surface area contributed by atoms with Gasteiger partial charge in [-0.1, -0.05) is 36.4 Å². The number of allylic oxidation sites excluding steroid dienone is 1. The second kappa shape index (κ2) is 9.37. The molecule has 3 aromatic rings. The van der Waals surface area contributed by atoms with Crippen molar-refractivity contribution in [3.8, 4) is 29.1 Å². The summed E-state index contributed by atoms with van der Waals surface area (Å²) in [4.78, 5) is 12.3. The van der Waals surface area contributed by atoms with Crippen LogP contribution in [0.15, 0.2) is 78.2 Å². The first-order valence-corrected chi connectivity index (χ1v) is 10.2. The van der Waals surface area contributed by atoms with Gasteiger partial charge in [-0.3, -0.25) is 0 Å². The van der Waals surface area contributed by atoms with Crippen LogP contribution in [-0.2, 0) is 4.79 Å². The van der Waals surface area contributed by atoms with Crippen LogP contribution in [0.2, 0.25) is 0 Å². The Labute approximate surface area is 191 Å². The Hall–Kier alpha value is -4.44. The van der Waals surface area contributed by atoms with Gasteiger partial charge in [0, 0.05) is 17.2 Å². The minimum Gasteiger partial charge on any atom is -0.496 e. The number of hydrogen-bond donors (Lipinski definition) is 1. The van der Waals surface area contributed by atoms with Gasteiger partial charge >= 0.3 is 5.97 Å². The molecule has 0 fully saturated rings. The van der Waals surface area contributed by atoms with Gasteiger partial charge in [-0.05, 0) is 36.8 Å². The van der Waals surface area contributed by atoms with Crippen LogP contribution >= 0.6 is 0 Å². The second-order valence-corrected chi connectivity index (χ2v) is 7.45. The average molecular weight is 442 g/mol. The molecule has 1 heterocycles. The Bertz CT molecular complexity index is 1280. The fourth-order valence-electron chi connectivity index (χ4n) is 3.73. The molecule has 1 atom stereocenters. The molecule has 33 heavy (non-hydrogen) atoms. The highest BCUT2D eigenvalue weighted by atomic mass is 16.6. The summed E-state index contributed by atoms with van der Waals surface area (Å²) < 4.78 is 22.1. The SMILES string of the molecule is COc1ccccc1C1C(C#N)=C(N)Oc2cc(OC(=O)COc3cccc(C)c3)ccc21. The molecule has 1 aliphatic rings. The maximum atomic E-state index is 12.3. The van der Waals surface area contributed by atoms with Gasteiger partial charge in [-0.15, -0.1) is 0 Å². The smallest absolute Gasteiger partial charge is 0.349 e. The Balaban J connectivity index is 1.57. The lowest BCUT2D eigenvalue weighted by molar-refractivity contribution is -0.136. The summed E-state index contributed by atoms with van der Waals surface area (Å²) in [6, 6.07) is 21.9. The van der Waals surface area contributed by atoms with Gasteiger partial charge in [0.2, 0.25) is 5.88 Å². The largest absolute Gasteiger partial charge is 0.496 e. The first-order valence-electron chi connectivity index (χ1n) is 10.2. The van der Waals surface area contributed by atoms with E-state index >= 15 is 0 Å². The van der Waals surface area contributed by atoms with Crippen molar-refractivity contribution >= 4 is 5.97 Å². The molecule has 1 aliphatic heterocycles. The van der Waals surface area contributed by atoms with Crippen molar-refractivity contribution in [2.45, 2.75) is 12.8 Å². The molecule has 7 nitrogen and oxygen atoms in total. The quantitative estimate of drug-likeness (QED) is 0.450. The van der Waals surface area contributed by atoms with E-state index in [1.54, 1.807) is 31.4 Å². The summed E-state index contributed by atoms with van der Waals surface area (Å²) >= 11 is 0. The van der Waals surface area contributed by atoms with Crippen molar-refractivity contribution in [1.82, 2.24) is 0 Å². The number of benzene rings is 3. The van der Waals surface area contributed by atoms with Crippen LogP contribution in [0.1, 0.15) is 22.6 Å². The third-order valence-corrected chi connectivity index (χ3v) is 5.22. The molecule has 166 valence electrons. The predicted octanol–water partition coefficient (Wildman–Crippen LogP) is 4.21. The minimum atomic E-state index is -0.560. The Morgan fingerprint density at radius 1 is 1.06 bits per heavy atom. The molecule has 2 N–H and O–H groups in total. The fourth-order valence-corrected chi connectivity index (χ4v) is 3.73. The number of methoxy groups -OCH3 is 1. The van der Waals surface area contributed by atoms with Crippen LogP contribution in [0.25, 0.3) is 0 Å². The van der Waals surface area contributed by atoms with Crippen LogP contribution in [0.3, 0.4) is 0 Å². The predicted molar refractivity (Wildman–Crippen MR) is 121 cm³/mol. The number of nitriles is 1. The first kappa shape index (κ1) is 21.8. The molecule has 3 aromatic carbocycles. The third-order valence-electron chi connectivity index (χ3n) is 5.22. The molecule has 0 spiro atoms. The normalized spacial score (nSPS) is 14.5. The number of carbonyl (C=O) groups is 1. The number of rotatable bonds is 6. The van der Waals surface area contributed by atoms with Gasteiger partial charge in [0.25, 0.3) is 0 Å². The van der Waals surface area contributed by atoms with E-state index in [0.717, 1.165) is 11.1 Å². The molecule has 0 amide bonds. The van der Waals surface area contributed by atoms with Crippen molar-refractivity contribution in [1.29, 1.82) is 5.26 Å². The van der Waals surface area contributed by atoms with Crippen LogP contribution < -0.4 is 24.7 Å². The maximum absolute atomic E-state index is 12.3. The highest BCUT2D eigenvalue weighted by molar-refractivity contribution is 5.74. The lowest BCUT2D eigenvalue weighted by Gasteiger charge is -2.27. The molecule has 7 heteroatoms. The minimum absolute atomic E-state index is 0.00726. The summed E-state index contributed by atoms with van der Waals surface area (Å²) in [6.07, 6.45) is 0. The number of carbonyl (C=O) groups excluding carboxylic acids is 1. The van der Waals surface area contributed by atoms with E-state index in [-0.39, 0.29) is 23.8 Å². The third kappa shape index (κ3) is 4.60. The zero-order valence-corrected chi connectivity index (χ0v) is 18.2. The molecule has 0 saturated carbocycles. The molecular weight excluding hydrogens is 420 g/mol. The van der Waals surface area contributed by atoms with E-state index < -0.39 is 11.9 Å². The topological polar surface area (TPSA) is 104 Å². The molecule has 0 bridgehead atoms. The van der Waals surface area contributed by atoms with Crippen LogP contribution in [0, 0.1) is 18.3 Å². The van der Waals surface area contributed by atoms with Gasteiger partial charge in [-0.2, -0.15) is 5.26 Å². The molecule has 0 aromatic heterocycles. The molecular formula is C26H22N2O5. The number of nitrogens with zero attached hydrogens (tertiary/aromatic N) is 1. The molecule has 0 aliphatic carbocycles. The lowest BCUT2D eigenvalue weighted by atomic mass is 9.83. The van der Waals surface area contributed by atoms with E-state index in [0.29, 0.717) is 22.8 Å². The summed E-state index contributed by atoms with van der Waals surface area (Å²) in [5, 5.41) is 9.73. The second-order valence-electron chi connectivity index (χ2n) is 7.45. The number of para-hydroxylation sites is 1. The number of hydrogen-bond acceptors (Lipinski definition) is 7. The van der Waals surface area contributed by atoms with Crippen molar-refractivity contribution in [2.75, 3.05) is 13.7 Å². The molecule has 4 rings (SSSR count). The van der Waals surface area contributed by atoms with Crippen molar-refractivity contribution in [3.05, 3.63) is 94.9 Å². The number of ether oxygens (including phenoxy) is 4. The van der Waals surface area contributed by atoms with Gasteiger partial charge in [0.05, 0.1) is 13.0 Å². The van der Waals surface area contributed by atoms with Crippen molar-refractivity contribution in [2.24, 2.45) is 5.73 Å². The first-order chi connectivity index (χ1) is 16.0. The Morgan fingerprint density at radius 2 is 1.88 bits per heavy atom. The van der Waals surface area contributed by atoms with E-state index in [1.165, 1.54) is 0 Å². The van der Waals surface area contributed by atoms with Gasteiger partial charge in [-0.25, -0.2) is 4.79 Å². The molecule has 0 saturated heterocycles. The van der Waals surface area contributed by atoms with E-state index in [2.05, 4.69) is 6.07 Å². The van der Waals surface area contributed by atoms with Crippen LogP contribution in [0.4, 0.5) is 0 Å². The zero-order chi connectivity index (χ0) is 23.4. The van der Waals surface area contributed by atoms with Crippen LogP contribution in [-0.4, -0.2) is 19.7 Å². The fraction of sp³-hybridized carbons (Fsp3) is 0.154. The van der Waals surface area contributed by atoms with Crippen molar-refractivity contribution in [3.63, 3.8) is 0 Å². The lowest BCUT2D eigenvalue weighted by Crippen LogP contribution is -2.22.